The molecule has 45 heavy (non-hydrogen) atoms. The number of rotatable bonds is 12. The summed E-state index contributed by atoms with van der Waals surface area (Å²) in [6, 6.07) is 12.0. The smallest absolute Gasteiger partial charge is 0.310 e. The van der Waals surface area contributed by atoms with Crippen molar-refractivity contribution in [3.8, 4) is 11.5 Å². The number of nitro groups is 2. The lowest BCUT2D eigenvalue weighted by Gasteiger charge is -2.36. The molecule has 0 saturated heterocycles. The highest BCUT2D eigenvalue weighted by atomic mass is 35.6. The van der Waals surface area contributed by atoms with Crippen molar-refractivity contribution in [1.82, 2.24) is 0 Å². The van der Waals surface area contributed by atoms with Crippen LogP contribution >= 0.6 is 11.1 Å². The number of aliphatic hydroxyl groups excluding tert-OH is 3. The fourth-order valence-corrected chi connectivity index (χ4v) is 3.50. The van der Waals surface area contributed by atoms with Crippen LogP contribution in [0.25, 0.3) is 0 Å². The van der Waals surface area contributed by atoms with Crippen LogP contribution in [0.15, 0.2) is 48.5 Å². The van der Waals surface area contributed by atoms with Gasteiger partial charge in [0.15, 0.2) is 27.2 Å². The molecule has 0 aliphatic heterocycles. The average Bonchev–Trinajstić information content (AvgIpc) is 2.92. The molecule has 0 aliphatic rings. The minimum atomic E-state index is -1.93. The monoisotopic (exact) mass is 690 g/mol. The fourth-order valence-electron chi connectivity index (χ4n) is 2.45. The predicted molar refractivity (Wildman–Crippen MR) is 182 cm³/mol. The number of aliphatic hydroxyl groups is 3. The first kappa shape index (κ1) is 42.4. The molecule has 2 rings (SSSR count). The summed E-state index contributed by atoms with van der Waals surface area (Å²) in [7, 11) is -3.32. The Hall–Kier alpha value is -2.60. The summed E-state index contributed by atoms with van der Waals surface area (Å²) in [6.07, 6.45) is -1.86. The van der Waals surface area contributed by atoms with Gasteiger partial charge in [-0.2, -0.15) is 11.1 Å². The molecule has 2 aromatic carbocycles. The third-order valence-electron chi connectivity index (χ3n) is 7.42. The van der Waals surface area contributed by atoms with Gasteiger partial charge in [0.1, 0.15) is 25.4 Å². The molecule has 2 atom stereocenters. The van der Waals surface area contributed by atoms with Crippen LogP contribution in [0, 0.1) is 20.2 Å². The Morgan fingerprint density at radius 3 is 1.40 bits per heavy atom. The Morgan fingerprint density at radius 1 is 0.733 bits per heavy atom. The lowest BCUT2D eigenvalue weighted by molar-refractivity contribution is -0.386. The quantitative estimate of drug-likeness (QED) is 0.0918. The maximum atomic E-state index is 10.9. The summed E-state index contributed by atoms with van der Waals surface area (Å²) in [4.78, 5) is 20.4. The Bertz CT molecular complexity index is 1190. The van der Waals surface area contributed by atoms with E-state index in [2.05, 4.69) is 67.7 Å². The van der Waals surface area contributed by atoms with Gasteiger partial charge in [0.25, 0.3) is 0 Å². The molecule has 0 aromatic heterocycles. The highest BCUT2D eigenvalue weighted by Crippen LogP contribution is 2.38. The molecule has 256 valence electrons. The number of hydrogen-bond donors (Lipinski definition) is 3. The minimum absolute atomic E-state index is 0.0422. The largest absolute Gasteiger partial charge is 0.484 e. The zero-order valence-corrected chi connectivity index (χ0v) is 30.8. The molecule has 0 radical (unpaired) electrons. The van der Waals surface area contributed by atoms with E-state index in [4.69, 9.17) is 35.2 Å². The van der Waals surface area contributed by atoms with E-state index in [0.29, 0.717) is 5.04 Å². The van der Waals surface area contributed by atoms with Gasteiger partial charge < -0.3 is 29.2 Å². The molecule has 2 aromatic rings. The van der Waals surface area contributed by atoms with Crippen molar-refractivity contribution in [3.63, 3.8) is 0 Å². The van der Waals surface area contributed by atoms with Crippen molar-refractivity contribution in [2.24, 2.45) is 0 Å². The van der Waals surface area contributed by atoms with Crippen LogP contribution in [0.5, 0.6) is 11.5 Å². The molecule has 12 nitrogen and oxygen atoms in total. The molecular weight excluding hydrogens is 640 g/mol. The van der Waals surface area contributed by atoms with Gasteiger partial charge in [0.2, 0.25) is 0 Å². The Labute approximate surface area is 273 Å². The molecule has 15 heteroatoms. The van der Waals surface area contributed by atoms with Gasteiger partial charge in [-0.25, -0.2) is 0 Å². The van der Waals surface area contributed by atoms with Crippen molar-refractivity contribution in [1.29, 1.82) is 0 Å². The number of para-hydroxylation sites is 4. The van der Waals surface area contributed by atoms with Crippen LogP contribution in [-0.2, 0) is 4.43 Å². The van der Waals surface area contributed by atoms with Crippen molar-refractivity contribution < 1.29 is 39.1 Å². The van der Waals surface area contributed by atoms with E-state index in [0.717, 1.165) is 0 Å². The number of benzene rings is 2. The van der Waals surface area contributed by atoms with E-state index >= 15 is 0 Å². The lowest BCUT2D eigenvalue weighted by atomic mass is 10.2. The van der Waals surface area contributed by atoms with E-state index in [9.17, 15) is 25.3 Å². The molecule has 0 spiro atoms. The van der Waals surface area contributed by atoms with E-state index in [1.54, 1.807) is 18.2 Å². The summed E-state index contributed by atoms with van der Waals surface area (Å²) in [5.74, 6) is 0.230. The van der Waals surface area contributed by atoms with Crippen LogP contribution in [0.3, 0.4) is 0 Å². The molecular formula is C30H51ClN2O10Si2. The summed E-state index contributed by atoms with van der Waals surface area (Å²) in [6.45, 7) is 21.0. The number of nitro benzene ring substituents is 2. The van der Waals surface area contributed by atoms with E-state index in [-0.39, 0.29) is 47.7 Å². The topological polar surface area (TPSA) is 175 Å². The number of ether oxygens (including phenoxy) is 2. The molecule has 0 saturated carbocycles. The number of hydrogen-bond acceptors (Lipinski definition) is 10. The summed E-state index contributed by atoms with van der Waals surface area (Å²) in [5, 5.41) is 49.3. The van der Waals surface area contributed by atoms with Gasteiger partial charge in [-0.15, -0.1) is 0 Å². The summed E-state index contributed by atoms with van der Waals surface area (Å²) < 4.78 is 16.3. The fraction of sp³-hybridized carbons (Fsp3) is 0.600. The van der Waals surface area contributed by atoms with Crippen molar-refractivity contribution >= 4 is 38.2 Å². The second-order valence-electron chi connectivity index (χ2n) is 13.4. The molecule has 0 fully saturated rings. The maximum absolute atomic E-state index is 10.9. The zero-order chi connectivity index (χ0) is 35.2. The minimum Gasteiger partial charge on any atom is -0.484 e. The van der Waals surface area contributed by atoms with Crippen LogP contribution in [0.4, 0.5) is 11.4 Å². The van der Waals surface area contributed by atoms with Crippen LogP contribution in [0.1, 0.15) is 41.5 Å². The molecule has 0 amide bonds. The third-order valence-corrected chi connectivity index (χ3v) is 17.2. The SMILES string of the molecule is CC(C)(C)[Si](C)(C)Cl.CC(C)(C)[Si](C)(C)OCC(O)COc1ccccc1[N+](=O)[O-].O=[N+]([O-])c1ccccc1OCC(O)CO. The van der Waals surface area contributed by atoms with Gasteiger partial charge >= 0.3 is 11.4 Å². The number of nitrogens with zero attached hydrogens (tertiary/aromatic N) is 2. The second-order valence-corrected chi connectivity index (χ2v) is 25.4. The van der Waals surface area contributed by atoms with Crippen LogP contribution in [-0.4, -0.2) is 79.5 Å². The summed E-state index contributed by atoms with van der Waals surface area (Å²) >= 11 is 6.15. The van der Waals surface area contributed by atoms with Crippen molar-refractivity contribution in [2.45, 2.75) is 90.0 Å². The van der Waals surface area contributed by atoms with Crippen molar-refractivity contribution in [2.75, 3.05) is 26.4 Å². The first-order chi connectivity index (χ1) is 20.4. The van der Waals surface area contributed by atoms with Gasteiger partial charge in [-0.3, -0.25) is 20.2 Å². The normalized spacial score (nSPS) is 13.3. The number of halogens is 1. The molecule has 0 bridgehead atoms. The molecule has 0 heterocycles. The van der Waals surface area contributed by atoms with E-state index in [1.807, 2.05) is 0 Å². The summed E-state index contributed by atoms with van der Waals surface area (Å²) in [5.41, 5.74) is -0.275. The molecule has 2 unspecified atom stereocenters. The first-order valence-electron chi connectivity index (χ1n) is 14.5. The van der Waals surface area contributed by atoms with Gasteiger partial charge in [0, 0.05) is 12.1 Å². The Kier molecular flexibility index (Phi) is 17.5. The zero-order valence-electron chi connectivity index (χ0n) is 28.1. The third kappa shape index (κ3) is 16.0. The highest BCUT2D eigenvalue weighted by Gasteiger charge is 2.37. The van der Waals surface area contributed by atoms with Crippen LogP contribution < -0.4 is 9.47 Å². The van der Waals surface area contributed by atoms with Gasteiger partial charge in [0.05, 0.1) is 23.1 Å². The van der Waals surface area contributed by atoms with Gasteiger partial charge in [-0.05, 0) is 35.3 Å². The lowest BCUT2D eigenvalue weighted by Crippen LogP contribution is -2.43. The second kappa shape index (κ2) is 18.5. The van der Waals surface area contributed by atoms with E-state index in [1.165, 1.54) is 30.3 Å². The average molecular weight is 691 g/mol. The van der Waals surface area contributed by atoms with Crippen molar-refractivity contribution in [3.05, 3.63) is 68.8 Å². The van der Waals surface area contributed by atoms with E-state index < -0.39 is 44.4 Å². The first-order valence-corrected chi connectivity index (χ1v) is 21.4. The molecule has 3 N–H and O–H groups in total. The Morgan fingerprint density at radius 2 is 1.09 bits per heavy atom. The molecule has 0 aliphatic carbocycles. The van der Waals surface area contributed by atoms with Gasteiger partial charge in [-0.1, -0.05) is 78.9 Å². The Balaban J connectivity index is 0.000000724. The standard InChI is InChI=1S/C15H25NO5Si.C9H11NO5.C6H15ClSi/c1-15(2,3)22(4,5)21-11-12(17)10-20-14-9-7-6-8-13(14)16(18)19;11-5-7(12)6-15-9-4-2-1-3-8(9)10(13)14;1-6(2,3)8(4,5)7/h6-9,12,17H,10-11H2,1-5H3;1-4,7,11-12H,5-6H2;1-5H3. The highest BCUT2D eigenvalue weighted by molar-refractivity contribution is 7.20. The predicted octanol–water partition coefficient (Wildman–Crippen LogP) is 6.91. The maximum Gasteiger partial charge on any atom is 0.310 e. The van der Waals surface area contributed by atoms with Crippen LogP contribution in [0.2, 0.25) is 36.3 Å².